The van der Waals surface area contributed by atoms with Crippen LogP contribution in [-0.2, 0) is 0 Å². The lowest BCUT2D eigenvalue weighted by molar-refractivity contribution is 0.515. The minimum Gasteiger partial charge on any atom is -0.368 e. The molecule has 0 atom stereocenters. The summed E-state index contributed by atoms with van der Waals surface area (Å²) in [6.45, 7) is 1.03. The summed E-state index contributed by atoms with van der Waals surface area (Å²) in [5, 5.41) is 7.67. The highest BCUT2D eigenvalue weighted by molar-refractivity contribution is 7.99. The molecule has 5 heteroatoms. The van der Waals surface area contributed by atoms with E-state index in [0.29, 0.717) is 0 Å². The van der Waals surface area contributed by atoms with Gasteiger partial charge in [0.2, 0.25) is 0 Å². The molecular formula is C12H16N4S. The molecule has 0 amide bonds. The van der Waals surface area contributed by atoms with Crippen molar-refractivity contribution in [2.45, 2.75) is 12.8 Å². The van der Waals surface area contributed by atoms with Crippen LogP contribution in [0.3, 0.4) is 0 Å². The average Bonchev–Trinajstić information content (AvgIpc) is 2.86. The molecule has 0 spiro atoms. The maximum atomic E-state index is 4.39. The molecule has 4 nitrogen and oxygen atoms in total. The molecule has 0 saturated carbocycles. The van der Waals surface area contributed by atoms with Gasteiger partial charge in [-0.05, 0) is 36.3 Å². The molecule has 0 bridgehead atoms. The van der Waals surface area contributed by atoms with Crippen LogP contribution in [0.1, 0.15) is 12.8 Å². The molecule has 1 fully saturated rings. The van der Waals surface area contributed by atoms with Gasteiger partial charge in [-0.15, -0.1) is 0 Å². The number of nitrogens with zero attached hydrogens (tertiary/aromatic N) is 3. The number of rotatable bonds is 3. The predicted octanol–water partition coefficient (Wildman–Crippen LogP) is 2.28. The van der Waals surface area contributed by atoms with E-state index in [-0.39, 0.29) is 0 Å². The van der Waals surface area contributed by atoms with Crippen molar-refractivity contribution in [1.29, 1.82) is 0 Å². The van der Waals surface area contributed by atoms with Crippen molar-refractivity contribution in [3.63, 3.8) is 0 Å². The van der Waals surface area contributed by atoms with E-state index in [9.17, 15) is 0 Å². The summed E-state index contributed by atoms with van der Waals surface area (Å²) < 4.78 is 1.85. The van der Waals surface area contributed by atoms with E-state index < -0.39 is 0 Å². The molecule has 2 aromatic rings. The molecule has 1 aliphatic heterocycles. The van der Waals surface area contributed by atoms with E-state index in [2.05, 4.69) is 27.2 Å². The van der Waals surface area contributed by atoms with Gasteiger partial charge in [0.15, 0.2) is 5.82 Å². The van der Waals surface area contributed by atoms with Crippen LogP contribution in [-0.4, -0.2) is 32.6 Å². The van der Waals surface area contributed by atoms with E-state index in [4.69, 9.17) is 0 Å². The van der Waals surface area contributed by atoms with Gasteiger partial charge in [0.25, 0.3) is 0 Å². The summed E-state index contributed by atoms with van der Waals surface area (Å²) in [6.07, 6.45) is 8.11. The molecular weight excluding hydrogens is 232 g/mol. The average molecular weight is 248 g/mol. The predicted molar refractivity (Wildman–Crippen MR) is 71.5 cm³/mol. The van der Waals surface area contributed by atoms with E-state index in [0.717, 1.165) is 23.8 Å². The summed E-state index contributed by atoms with van der Waals surface area (Å²) in [7, 11) is 0. The first kappa shape index (κ1) is 10.9. The van der Waals surface area contributed by atoms with Gasteiger partial charge < -0.3 is 5.32 Å². The molecule has 1 saturated heterocycles. The van der Waals surface area contributed by atoms with Crippen molar-refractivity contribution in [2.24, 2.45) is 5.92 Å². The minimum atomic E-state index is 0.793. The summed E-state index contributed by atoms with van der Waals surface area (Å²) in [5.41, 5.74) is 1.05. The maximum absolute atomic E-state index is 4.39. The van der Waals surface area contributed by atoms with Crippen LogP contribution in [0.4, 0.5) is 5.82 Å². The van der Waals surface area contributed by atoms with E-state index in [1.165, 1.54) is 24.3 Å². The number of aromatic nitrogens is 3. The number of anilines is 1. The molecule has 90 valence electrons. The first-order valence-electron chi connectivity index (χ1n) is 6.03. The van der Waals surface area contributed by atoms with Gasteiger partial charge in [-0.1, -0.05) is 0 Å². The Labute approximate surface area is 105 Å². The third-order valence-corrected chi connectivity index (χ3v) is 4.27. The number of hydrogen-bond donors (Lipinski definition) is 1. The van der Waals surface area contributed by atoms with Crippen LogP contribution in [0, 0.1) is 5.92 Å². The van der Waals surface area contributed by atoms with Gasteiger partial charge in [0.1, 0.15) is 5.52 Å². The zero-order valence-corrected chi connectivity index (χ0v) is 10.5. The second-order valence-electron chi connectivity index (χ2n) is 4.37. The summed E-state index contributed by atoms with van der Waals surface area (Å²) in [6, 6.07) is 1.99. The van der Waals surface area contributed by atoms with Gasteiger partial charge in [-0.2, -0.15) is 16.9 Å². The monoisotopic (exact) mass is 248 g/mol. The standard InChI is InChI=1S/C12H16N4S/c1-4-15-16-6-5-13-12(11(1)16)14-9-10-2-7-17-8-3-10/h1,4-6,10H,2-3,7-9H2,(H,13,14). The van der Waals surface area contributed by atoms with Gasteiger partial charge in [-0.25, -0.2) is 9.50 Å². The van der Waals surface area contributed by atoms with Crippen molar-refractivity contribution in [1.82, 2.24) is 14.6 Å². The summed E-state index contributed by atoms with van der Waals surface area (Å²) >= 11 is 2.07. The second-order valence-corrected chi connectivity index (χ2v) is 5.60. The molecule has 0 radical (unpaired) electrons. The van der Waals surface area contributed by atoms with Crippen LogP contribution in [0.25, 0.3) is 5.52 Å². The fourth-order valence-corrected chi connectivity index (χ4v) is 3.39. The van der Waals surface area contributed by atoms with Crippen LogP contribution in [0.5, 0.6) is 0 Å². The van der Waals surface area contributed by atoms with Gasteiger partial charge >= 0.3 is 0 Å². The Hall–Kier alpha value is -1.23. The fourth-order valence-electron chi connectivity index (χ4n) is 2.19. The lowest BCUT2D eigenvalue weighted by Gasteiger charge is -2.21. The largest absolute Gasteiger partial charge is 0.368 e. The van der Waals surface area contributed by atoms with Gasteiger partial charge in [-0.3, -0.25) is 0 Å². The van der Waals surface area contributed by atoms with Crippen molar-refractivity contribution >= 4 is 23.1 Å². The third kappa shape index (κ3) is 2.39. The molecule has 2 aromatic heterocycles. The van der Waals surface area contributed by atoms with Gasteiger partial charge in [0.05, 0.1) is 6.20 Å². The molecule has 0 aliphatic carbocycles. The molecule has 3 heterocycles. The highest BCUT2D eigenvalue weighted by Gasteiger charge is 2.14. The topological polar surface area (TPSA) is 42.2 Å². The fraction of sp³-hybridized carbons (Fsp3) is 0.500. The Morgan fingerprint density at radius 3 is 3.12 bits per heavy atom. The van der Waals surface area contributed by atoms with Crippen LogP contribution in [0.15, 0.2) is 24.7 Å². The first-order chi connectivity index (χ1) is 8.43. The van der Waals surface area contributed by atoms with Crippen molar-refractivity contribution < 1.29 is 0 Å². The number of fused-ring (bicyclic) bond motifs is 1. The minimum absolute atomic E-state index is 0.793. The molecule has 0 aromatic carbocycles. The second kappa shape index (κ2) is 4.96. The van der Waals surface area contributed by atoms with Crippen molar-refractivity contribution in [2.75, 3.05) is 23.4 Å². The highest BCUT2D eigenvalue weighted by Crippen LogP contribution is 2.23. The Kier molecular flexibility index (Phi) is 3.18. The Morgan fingerprint density at radius 1 is 1.35 bits per heavy atom. The van der Waals surface area contributed by atoms with Crippen LogP contribution in [0.2, 0.25) is 0 Å². The molecule has 1 aliphatic rings. The van der Waals surface area contributed by atoms with Crippen LogP contribution < -0.4 is 5.32 Å². The number of nitrogens with one attached hydrogen (secondary N) is 1. The Balaban J connectivity index is 1.69. The van der Waals surface area contributed by atoms with Crippen molar-refractivity contribution in [3.8, 4) is 0 Å². The zero-order valence-electron chi connectivity index (χ0n) is 9.67. The molecule has 3 rings (SSSR count). The van der Waals surface area contributed by atoms with E-state index in [1.54, 1.807) is 12.4 Å². The lowest BCUT2D eigenvalue weighted by Crippen LogP contribution is -2.19. The smallest absolute Gasteiger partial charge is 0.152 e. The quantitative estimate of drug-likeness (QED) is 0.905. The third-order valence-electron chi connectivity index (χ3n) is 3.22. The van der Waals surface area contributed by atoms with Crippen LogP contribution >= 0.6 is 11.8 Å². The highest BCUT2D eigenvalue weighted by atomic mass is 32.2. The number of hydrogen-bond acceptors (Lipinski definition) is 4. The van der Waals surface area contributed by atoms with E-state index >= 15 is 0 Å². The summed E-state index contributed by atoms with van der Waals surface area (Å²) in [5.74, 6) is 4.34. The molecule has 17 heavy (non-hydrogen) atoms. The zero-order chi connectivity index (χ0) is 11.5. The maximum Gasteiger partial charge on any atom is 0.152 e. The van der Waals surface area contributed by atoms with E-state index in [1.807, 2.05) is 16.8 Å². The molecule has 1 N–H and O–H groups in total. The Bertz CT molecular complexity index is 490. The Morgan fingerprint density at radius 2 is 2.24 bits per heavy atom. The number of thioether (sulfide) groups is 1. The SMILES string of the molecule is c1cn2nccc2c(NCC2CCSCC2)n1. The molecule has 0 unspecified atom stereocenters. The lowest BCUT2D eigenvalue weighted by atomic mass is 10.0. The van der Waals surface area contributed by atoms with Gasteiger partial charge in [0, 0.05) is 18.9 Å². The summed E-state index contributed by atoms with van der Waals surface area (Å²) in [4.78, 5) is 4.39. The first-order valence-corrected chi connectivity index (χ1v) is 7.19. The van der Waals surface area contributed by atoms with Crippen molar-refractivity contribution in [3.05, 3.63) is 24.7 Å². The normalized spacial score (nSPS) is 17.4.